The third-order valence-corrected chi connectivity index (χ3v) is 6.56. The number of pyridine rings is 2. The average molecular weight is 404 g/mol. The van der Waals surface area contributed by atoms with Crippen LogP contribution in [0.5, 0.6) is 5.75 Å². The molecular formula is C24H24N2O4. The van der Waals surface area contributed by atoms with Gasteiger partial charge in [-0.3, -0.25) is 9.59 Å². The molecule has 0 aliphatic carbocycles. The lowest BCUT2D eigenvalue weighted by molar-refractivity contribution is -0.148. The van der Waals surface area contributed by atoms with Gasteiger partial charge in [0.1, 0.15) is 12.4 Å². The highest BCUT2D eigenvalue weighted by Crippen LogP contribution is 2.40. The van der Waals surface area contributed by atoms with Gasteiger partial charge in [0.15, 0.2) is 0 Å². The fraction of sp³-hybridized carbons (Fsp3) is 0.375. The van der Waals surface area contributed by atoms with Crippen molar-refractivity contribution in [2.24, 2.45) is 0 Å². The number of aromatic nitrogens is 2. The van der Waals surface area contributed by atoms with Crippen molar-refractivity contribution in [2.45, 2.75) is 59.1 Å². The standard InChI is InChI=1S/C24H24N2O4/c1-4-12-7-19-16(9-21(12)27)13(5-2)17-10-26-20(22(17)25-19)8-15-14(6-3)24(29)30-11-18(15)23(26)28/h7-9,14,27H,4-6,10-11H2,1-3H3/t14-/m1/s1. The van der Waals surface area contributed by atoms with Crippen molar-refractivity contribution in [3.63, 3.8) is 0 Å². The first-order valence-corrected chi connectivity index (χ1v) is 10.6. The Hall–Kier alpha value is -3.15. The van der Waals surface area contributed by atoms with E-state index in [1.165, 1.54) is 0 Å². The first kappa shape index (κ1) is 18.9. The fourth-order valence-electron chi connectivity index (χ4n) is 4.95. The number of carbonyl (C=O) groups is 1. The van der Waals surface area contributed by atoms with Gasteiger partial charge < -0.3 is 14.4 Å². The monoisotopic (exact) mass is 404 g/mol. The highest BCUT2D eigenvalue weighted by Gasteiger charge is 2.34. The van der Waals surface area contributed by atoms with Crippen molar-refractivity contribution >= 4 is 16.9 Å². The van der Waals surface area contributed by atoms with Gasteiger partial charge in [-0.05, 0) is 54.2 Å². The molecule has 3 aromatic rings. The minimum atomic E-state index is -0.411. The van der Waals surface area contributed by atoms with Crippen LogP contribution in [0.25, 0.3) is 22.3 Å². The third-order valence-electron chi connectivity index (χ3n) is 6.56. The maximum absolute atomic E-state index is 13.3. The van der Waals surface area contributed by atoms with Crippen molar-refractivity contribution in [3.8, 4) is 17.1 Å². The van der Waals surface area contributed by atoms with Crippen LogP contribution in [-0.2, 0) is 35.5 Å². The number of carbonyl (C=O) groups excluding carboxylic acids is 1. The molecule has 0 saturated carbocycles. The number of hydrogen-bond acceptors (Lipinski definition) is 5. The van der Waals surface area contributed by atoms with E-state index in [4.69, 9.17) is 9.72 Å². The average Bonchev–Trinajstić information content (AvgIpc) is 3.10. The second kappa shape index (κ2) is 6.69. The molecule has 1 atom stereocenters. The van der Waals surface area contributed by atoms with Gasteiger partial charge in [0.05, 0.1) is 34.9 Å². The van der Waals surface area contributed by atoms with E-state index in [0.717, 1.165) is 51.0 Å². The van der Waals surface area contributed by atoms with Gasteiger partial charge in [0, 0.05) is 10.9 Å². The maximum Gasteiger partial charge on any atom is 0.313 e. The zero-order valence-corrected chi connectivity index (χ0v) is 17.4. The van der Waals surface area contributed by atoms with E-state index in [0.29, 0.717) is 24.9 Å². The number of phenols is 1. The Bertz CT molecular complexity index is 1290. The van der Waals surface area contributed by atoms with E-state index in [9.17, 15) is 14.7 Å². The lowest BCUT2D eigenvalue weighted by Gasteiger charge is -2.24. The molecule has 6 nitrogen and oxygen atoms in total. The van der Waals surface area contributed by atoms with Gasteiger partial charge >= 0.3 is 5.97 Å². The number of benzene rings is 1. The number of cyclic esters (lactones) is 1. The minimum Gasteiger partial charge on any atom is -0.508 e. The van der Waals surface area contributed by atoms with Crippen LogP contribution in [0.4, 0.5) is 0 Å². The smallest absolute Gasteiger partial charge is 0.313 e. The molecule has 30 heavy (non-hydrogen) atoms. The lowest BCUT2D eigenvalue weighted by atomic mass is 9.90. The summed E-state index contributed by atoms with van der Waals surface area (Å²) in [5.41, 5.74) is 6.63. The number of aryl methyl sites for hydroxylation is 2. The second-order valence-corrected chi connectivity index (χ2v) is 8.05. The van der Waals surface area contributed by atoms with E-state index in [1.807, 2.05) is 26.0 Å². The molecule has 154 valence electrons. The molecule has 0 saturated heterocycles. The molecule has 4 heterocycles. The number of rotatable bonds is 3. The van der Waals surface area contributed by atoms with Crippen LogP contribution in [0.2, 0.25) is 0 Å². The highest BCUT2D eigenvalue weighted by molar-refractivity contribution is 5.90. The van der Waals surface area contributed by atoms with E-state index in [2.05, 4.69) is 6.92 Å². The number of ether oxygens (including phenoxy) is 1. The Labute approximate surface area is 174 Å². The predicted octanol–water partition coefficient (Wildman–Crippen LogP) is 3.81. The molecule has 5 rings (SSSR count). The number of phenolic OH excluding ortho intramolecular Hbond substituents is 1. The number of fused-ring (bicyclic) bond motifs is 5. The van der Waals surface area contributed by atoms with E-state index < -0.39 is 5.92 Å². The zero-order chi connectivity index (χ0) is 21.2. The van der Waals surface area contributed by atoms with Gasteiger partial charge in [-0.25, -0.2) is 4.98 Å². The highest BCUT2D eigenvalue weighted by atomic mass is 16.5. The second-order valence-electron chi connectivity index (χ2n) is 8.05. The van der Waals surface area contributed by atoms with Crippen LogP contribution >= 0.6 is 0 Å². The molecule has 0 bridgehead atoms. The Balaban J connectivity index is 1.81. The summed E-state index contributed by atoms with van der Waals surface area (Å²) >= 11 is 0. The normalized spacial score (nSPS) is 16.9. The molecule has 0 unspecified atom stereocenters. The topological polar surface area (TPSA) is 81.4 Å². The zero-order valence-electron chi connectivity index (χ0n) is 17.4. The van der Waals surface area contributed by atoms with Crippen molar-refractivity contribution in [3.05, 3.63) is 56.4 Å². The maximum atomic E-state index is 13.3. The Morgan fingerprint density at radius 3 is 2.63 bits per heavy atom. The quantitative estimate of drug-likeness (QED) is 0.525. The predicted molar refractivity (Wildman–Crippen MR) is 114 cm³/mol. The molecule has 1 N–H and O–H groups in total. The SMILES string of the molecule is CCc1cc2nc3c(c(CC)c2cc1O)Cn1c-3cc2c(c1=O)COC(=O)[C@@H]2CC. The molecule has 0 amide bonds. The molecule has 6 heteroatoms. The number of aromatic hydroxyl groups is 1. The Morgan fingerprint density at radius 2 is 1.93 bits per heavy atom. The van der Waals surface area contributed by atoms with Gasteiger partial charge in [0.25, 0.3) is 5.56 Å². The molecule has 2 aliphatic rings. The number of hydrogen-bond donors (Lipinski definition) is 1. The molecule has 0 fully saturated rings. The van der Waals surface area contributed by atoms with Crippen LogP contribution in [0.1, 0.15) is 60.9 Å². The molecule has 2 aliphatic heterocycles. The van der Waals surface area contributed by atoms with Crippen LogP contribution in [-0.4, -0.2) is 20.6 Å². The van der Waals surface area contributed by atoms with Crippen molar-refractivity contribution < 1.29 is 14.6 Å². The van der Waals surface area contributed by atoms with E-state index in [-0.39, 0.29) is 23.9 Å². The van der Waals surface area contributed by atoms with Gasteiger partial charge in [-0.2, -0.15) is 0 Å². The van der Waals surface area contributed by atoms with Crippen LogP contribution < -0.4 is 5.56 Å². The largest absolute Gasteiger partial charge is 0.508 e. The first-order chi connectivity index (χ1) is 14.5. The Morgan fingerprint density at radius 1 is 1.13 bits per heavy atom. The van der Waals surface area contributed by atoms with Crippen molar-refractivity contribution in [2.75, 3.05) is 0 Å². The van der Waals surface area contributed by atoms with Gasteiger partial charge in [0.2, 0.25) is 0 Å². The Kier molecular flexibility index (Phi) is 4.20. The summed E-state index contributed by atoms with van der Waals surface area (Å²) in [7, 11) is 0. The number of nitrogens with zero attached hydrogens (tertiary/aromatic N) is 2. The minimum absolute atomic E-state index is 0.0316. The molecule has 2 aromatic heterocycles. The van der Waals surface area contributed by atoms with E-state index in [1.54, 1.807) is 10.6 Å². The molecular weight excluding hydrogens is 380 g/mol. The van der Waals surface area contributed by atoms with Gasteiger partial charge in [-0.15, -0.1) is 0 Å². The first-order valence-electron chi connectivity index (χ1n) is 10.6. The van der Waals surface area contributed by atoms with Crippen LogP contribution in [0.3, 0.4) is 0 Å². The number of esters is 1. The summed E-state index contributed by atoms with van der Waals surface area (Å²) in [6, 6.07) is 5.71. The summed E-state index contributed by atoms with van der Waals surface area (Å²) < 4.78 is 7.03. The van der Waals surface area contributed by atoms with Crippen molar-refractivity contribution in [1.82, 2.24) is 9.55 Å². The van der Waals surface area contributed by atoms with Gasteiger partial charge in [-0.1, -0.05) is 20.8 Å². The fourth-order valence-corrected chi connectivity index (χ4v) is 4.95. The summed E-state index contributed by atoms with van der Waals surface area (Å²) in [6.45, 7) is 6.49. The third kappa shape index (κ3) is 2.46. The molecule has 0 radical (unpaired) electrons. The van der Waals surface area contributed by atoms with Crippen LogP contribution in [0.15, 0.2) is 23.0 Å². The van der Waals surface area contributed by atoms with Crippen molar-refractivity contribution in [1.29, 1.82) is 0 Å². The summed E-state index contributed by atoms with van der Waals surface area (Å²) in [6.07, 6.45) is 2.08. The summed E-state index contributed by atoms with van der Waals surface area (Å²) in [5, 5.41) is 11.3. The molecule has 1 aromatic carbocycles. The lowest BCUT2D eigenvalue weighted by Crippen LogP contribution is -2.32. The van der Waals surface area contributed by atoms with E-state index >= 15 is 0 Å². The molecule has 0 spiro atoms. The summed E-state index contributed by atoms with van der Waals surface area (Å²) in [4.78, 5) is 30.5. The van der Waals surface area contributed by atoms with Crippen LogP contribution in [0, 0.1) is 0 Å². The summed E-state index contributed by atoms with van der Waals surface area (Å²) in [5.74, 6) is -0.395.